The Morgan fingerprint density at radius 1 is 0.913 bits per heavy atom. The summed E-state index contributed by atoms with van der Waals surface area (Å²) in [6, 6.07) is 10.9. The van der Waals surface area contributed by atoms with Crippen molar-refractivity contribution in [1.82, 2.24) is 4.90 Å². The SMILES string of the molecule is Cl.c1ccc(C(OCCN2CCCCC2)C2CCCCC2)cc1. The third-order valence-corrected chi connectivity index (χ3v) is 5.36. The van der Waals surface area contributed by atoms with Crippen LogP contribution in [0.15, 0.2) is 30.3 Å². The van der Waals surface area contributed by atoms with Gasteiger partial charge in [-0.05, 0) is 50.3 Å². The van der Waals surface area contributed by atoms with Crippen molar-refractivity contribution in [3.05, 3.63) is 35.9 Å². The molecule has 3 heteroatoms. The minimum atomic E-state index is 0. The number of benzene rings is 1. The molecule has 1 aliphatic carbocycles. The Morgan fingerprint density at radius 3 is 2.26 bits per heavy atom. The largest absolute Gasteiger partial charge is 0.372 e. The fraction of sp³-hybridized carbons (Fsp3) is 0.700. The number of likely N-dealkylation sites (tertiary alicyclic amines) is 1. The first-order valence-corrected chi connectivity index (χ1v) is 9.32. The number of hydrogen-bond acceptors (Lipinski definition) is 2. The highest BCUT2D eigenvalue weighted by atomic mass is 35.5. The van der Waals surface area contributed by atoms with E-state index in [1.165, 1.54) is 70.0 Å². The molecule has 1 saturated carbocycles. The molecule has 3 rings (SSSR count). The molecular weight excluding hydrogens is 306 g/mol. The minimum absolute atomic E-state index is 0. The molecule has 1 aromatic rings. The summed E-state index contributed by atoms with van der Waals surface area (Å²) in [4.78, 5) is 2.58. The van der Waals surface area contributed by atoms with Gasteiger partial charge in [0.25, 0.3) is 0 Å². The van der Waals surface area contributed by atoms with Crippen LogP contribution in [-0.4, -0.2) is 31.1 Å². The summed E-state index contributed by atoms with van der Waals surface area (Å²) in [6.45, 7) is 4.53. The maximum atomic E-state index is 6.43. The summed E-state index contributed by atoms with van der Waals surface area (Å²) in [7, 11) is 0. The first-order valence-electron chi connectivity index (χ1n) is 9.32. The maximum Gasteiger partial charge on any atom is 0.0853 e. The van der Waals surface area contributed by atoms with Gasteiger partial charge >= 0.3 is 0 Å². The van der Waals surface area contributed by atoms with E-state index in [0.29, 0.717) is 6.10 Å². The van der Waals surface area contributed by atoms with Gasteiger partial charge in [-0.2, -0.15) is 0 Å². The quantitative estimate of drug-likeness (QED) is 0.704. The summed E-state index contributed by atoms with van der Waals surface area (Å²) in [5, 5.41) is 0. The average molecular weight is 338 g/mol. The monoisotopic (exact) mass is 337 g/mol. The normalized spacial score (nSPS) is 21.6. The fourth-order valence-electron chi connectivity index (χ4n) is 4.08. The van der Waals surface area contributed by atoms with Gasteiger partial charge in [-0.1, -0.05) is 56.0 Å². The van der Waals surface area contributed by atoms with Crippen molar-refractivity contribution in [1.29, 1.82) is 0 Å². The van der Waals surface area contributed by atoms with Gasteiger partial charge in [-0.3, -0.25) is 0 Å². The molecule has 0 aromatic heterocycles. The number of ether oxygens (including phenoxy) is 1. The zero-order valence-corrected chi connectivity index (χ0v) is 15.1. The molecule has 0 N–H and O–H groups in total. The van der Waals surface area contributed by atoms with E-state index in [1.54, 1.807) is 0 Å². The lowest BCUT2D eigenvalue weighted by atomic mass is 9.82. The molecule has 1 unspecified atom stereocenters. The van der Waals surface area contributed by atoms with Gasteiger partial charge in [0.15, 0.2) is 0 Å². The van der Waals surface area contributed by atoms with E-state index < -0.39 is 0 Å². The summed E-state index contributed by atoms with van der Waals surface area (Å²) in [6.07, 6.45) is 11.3. The molecule has 1 atom stereocenters. The molecule has 0 radical (unpaired) electrons. The van der Waals surface area contributed by atoms with Crippen molar-refractivity contribution in [2.24, 2.45) is 5.92 Å². The summed E-state index contributed by atoms with van der Waals surface area (Å²) in [5.41, 5.74) is 1.38. The van der Waals surface area contributed by atoms with Gasteiger partial charge in [0, 0.05) is 6.54 Å². The molecule has 0 bridgehead atoms. The highest BCUT2D eigenvalue weighted by molar-refractivity contribution is 5.85. The average Bonchev–Trinajstić information content (AvgIpc) is 2.61. The zero-order chi connectivity index (χ0) is 15.0. The Hall–Kier alpha value is -0.570. The molecule has 23 heavy (non-hydrogen) atoms. The van der Waals surface area contributed by atoms with Gasteiger partial charge < -0.3 is 9.64 Å². The van der Waals surface area contributed by atoms with E-state index in [-0.39, 0.29) is 12.4 Å². The molecule has 2 aliphatic rings. The van der Waals surface area contributed by atoms with E-state index in [0.717, 1.165) is 19.1 Å². The van der Waals surface area contributed by atoms with Crippen molar-refractivity contribution in [3.8, 4) is 0 Å². The van der Waals surface area contributed by atoms with Crippen LogP contribution in [0.25, 0.3) is 0 Å². The Bertz CT molecular complexity index is 413. The Labute approximate surface area is 148 Å². The zero-order valence-electron chi connectivity index (χ0n) is 14.3. The van der Waals surface area contributed by atoms with Gasteiger partial charge in [-0.15, -0.1) is 12.4 Å². The number of halogens is 1. The fourth-order valence-corrected chi connectivity index (χ4v) is 4.08. The highest BCUT2D eigenvalue weighted by Crippen LogP contribution is 2.36. The van der Waals surface area contributed by atoms with Crippen LogP contribution in [0.1, 0.15) is 63.0 Å². The van der Waals surface area contributed by atoms with Gasteiger partial charge in [0.1, 0.15) is 0 Å². The minimum Gasteiger partial charge on any atom is -0.372 e. The van der Waals surface area contributed by atoms with E-state index >= 15 is 0 Å². The number of piperidine rings is 1. The van der Waals surface area contributed by atoms with Crippen molar-refractivity contribution in [3.63, 3.8) is 0 Å². The summed E-state index contributed by atoms with van der Waals surface area (Å²) < 4.78 is 6.43. The van der Waals surface area contributed by atoms with Gasteiger partial charge in [0.05, 0.1) is 12.7 Å². The van der Waals surface area contributed by atoms with Crippen LogP contribution in [0, 0.1) is 5.92 Å². The third kappa shape index (κ3) is 5.77. The van der Waals surface area contributed by atoms with Gasteiger partial charge in [0.2, 0.25) is 0 Å². The topological polar surface area (TPSA) is 12.5 Å². The van der Waals surface area contributed by atoms with Crippen molar-refractivity contribution >= 4 is 12.4 Å². The Morgan fingerprint density at radius 2 is 1.57 bits per heavy atom. The number of rotatable bonds is 6. The standard InChI is InChI=1S/C20H31NO.ClH/c1-4-10-18(11-5-1)20(19-12-6-2-7-13-19)22-17-16-21-14-8-3-9-15-21;/h1,4-5,10-11,19-20H,2-3,6-9,12-17H2;1H. The molecular formula is C20H32ClNO. The highest BCUT2D eigenvalue weighted by Gasteiger charge is 2.25. The molecule has 1 saturated heterocycles. The molecule has 130 valence electrons. The second-order valence-corrected chi connectivity index (χ2v) is 7.00. The first-order chi connectivity index (χ1) is 10.9. The van der Waals surface area contributed by atoms with Crippen molar-refractivity contribution < 1.29 is 4.74 Å². The molecule has 0 spiro atoms. The molecule has 1 heterocycles. The van der Waals surface area contributed by atoms with E-state index in [9.17, 15) is 0 Å². The Kier molecular flexibility index (Phi) is 8.43. The van der Waals surface area contributed by atoms with Crippen LogP contribution in [0.4, 0.5) is 0 Å². The van der Waals surface area contributed by atoms with E-state index in [2.05, 4.69) is 35.2 Å². The molecule has 2 fully saturated rings. The van der Waals surface area contributed by atoms with Crippen molar-refractivity contribution in [2.45, 2.75) is 57.5 Å². The summed E-state index contributed by atoms with van der Waals surface area (Å²) >= 11 is 0. The third-order valence-electron chi connectivity index (χ3n) is 5.36. The molecule has 1 aromatic carbocycles. The second-order valence-electron chi connectivity index (χ2n) is 7.00. The lowest BCUT2D eigenvalue weighted by molar-refractivity contribution is -0.0123. The van der Waals surface area contributed by atoms with E-state index in [4.69, 9.17) is 4.74 Å². The Balaban J connectivity index is 0.00000192. The second kappa shape index (κ2) is 10.3. The van der Waals surface area contributed by atoms with Crippen molar-refractivity contribution in [2.75, 3.05) is 26.2 Å². The predicted molar refractivity (Wildman–Crippen MR) is 99.2 cm³/mol. The van der Waals surface area contributed by atoms with E-state index in [1.807, 2.05) is 0 Å². The lowest BCUT2D eigenvalue weighted by Crippen LogP contribution is -2.33. The molecule has 0 amide bonds. The first kappa shape index (κ1) is 18.8. The van der Waals surface area contributed by atoms with Crippen LogP contribution in [0.5, 0.6) is 0 Å². The number of hydrogen-bond donors (Lipinski definition) is 0. The molecule has 1 aliphatic heterocycles. The smallest absolute Gasteiger partial charge is 0.0853 e. The molecule has 2 nitrogen and oxygen atoms in total. The maximum absolute atomic E-state index is 6.43. The van der Waals surface area contributed by atoms with Crippen LogP contribution < -0.4 is 0 Å². The van der Waals surface area contributed by atoms with Crippen LogP contribution in [0.3, 0.4) is 0 Å². The van der Waals surface area contributed by atoms with Crippen LogP contribution in [0.2, 0.25) is 0 Å². The predicted octanol–water partition coefficient (Wildman–Crippen LogP) is 5.23. The van der Waals surface area contributed by atoms with Crippen LogP contribution in [-0.2, 0) is 4.74 Å². The van der Waals surface area contributed by atoms with Gasteiger partial charge in [-0.25, -0.2) is 0 Å². The number of nitrogens with zero attached hydrogens (tertiary/aromatic N) is 1. The van der Waals surface area contributed by atoms with Crippen LogP contribution >= 0.6 is 12.4 Å². The summed E-state index contributed by atoms with van der Waals surface area (Å²) in [5.74, 6) is 0.720. The lowest BCUT2D eigenvalue weighted by Gasteiger charge is -2.32.